The zero-order chi connectivity index (χ0) is 19.4. The lowest BCUT2D eigenvalue weighted by atomic mass is 10.1. The van der Waals surface area contributed by atoms with Crippen molar-refractivity contribution in [2.45, 2.75) is 31.8 Å². The number of nitrogens with one attached hydrogen (secondary N) is 1. The van der Waals surface area contributed by atoms with Crippen LogP contribution >= 0.6 is 0 Å². The number of carbonyl (C=O) groups excluding carboxylic acids is 2. The molecule has 0 bridgehead atoms. The van der Waals surface area contributed by atoms with Gasteiger partial charge in [-0.15, -0.1) is 0 Å². The number of non-ortho nitro benzene ring substituents is 1. The van der Waals surface area contributed by atoms with Gasteiger partial charge in [0.15, 0.2) is 0 Å². The van der Waals surface area contributed by atoms with Gasteiger partial charge in [0.05, 0.1) is 11.0 Å². The molecule has 0 spiro atoms. The highest BCUT2D eigenvalue weighted by Crippen LogP contribution is 2.19. The Morgan fingerprint density at radius 1 is 1.26 bits per heavy atom. The molecule has 1 unspecified atom stereocenters. The van der Waals surface area contributed by atoms with E-state index in [1.54, 1.807) is 23.1 Å². The highest BCUT2D eigenvalue weighted by atomic mass is 16.6. The summed E-state index contributed by atoms with van der Waals surface area (Å²) in [6.07, 6.45) is 5.17. The summed E-state index contributed by atoms with van der Waals surface area (Å²) in [5.74, 6) is -0.0703. The molecule has 0 aromatic heterocycles. The van der Waals surface area contributed by atoms with E-state index in [2.05, 4.69) is 10.2 Å². The molecule has 0 radical (unpaired) electrons. The molecule has 3 rings (SSSR count). The van der Waals surface area contributed by atoms with Crippen molar-refractivity contribution in [3.8, 4) is 0 Å². The van der Waals surface area contributed by atoms with Gasteiger partial charge in [0.1, 0.15) is 0 Å². The van der Waals surface area contributed by atoms with Crippen molar-refractivity contribution < 1.29 is 14.5 Å². The number of nitro benzene ring substituents is 1. The molecule has 8 heteroatoms. The minimum Gasteiger partial charge on any atom is -0.352 e. The van der Waals surface area contributed by atoms with Gasteiger partial charge in [0, 0.05) is 50.4 Å². The zero-order valence-corrected chi connectivity index (χ0v) is 15.3. The van der Waals surface area contributed by atoms with Crippen LogP contribution in [0.15, 0.2) is 30.3 Å². The molecule has 1 aromatic carbocycles. The molecular formula is C19H24N4O4. The van der Waals surface area contributed by atoms with Crippen molar-refractivity contribution in [2.75, 3.05) is 26.2 Å². The highest BCUT2D eigenvalue weighted by Gasteiger charge is 2.30. The van der Waals surface area contributed by atoms with Crippen LogP contribution in [0.1, 0.15) is 25.3 Å². The van der Waals surface area contributed by atoms with E-state index in [0.29, 0.717) is 37.8 Å². The molecule has 1 aromatic rings. The molecular weight excluding hydrogens is 348 g/mol. The van der Waals surface area contributed by atoms with Crippen LogP contribution in [0, 0.1) is 10.1 Å². The Morgan fingerprint density at radius 3 is 2.59 bits per heavy atom. The third-order valence-electron chi connectivity index (χ3n) is 4.98. The number of hydrogen-bond donors (Lipinski definition) is 1. The first-order valence-corrected chi connectivity index (χ1v) is 9.20. The van der Waals surface area contributed by atoms with Crippen LogP contribution in [0.5, 0.6) is 0 Å². The smallest absolute Gasteiger partial charge is 0.270 e. The lowest BCUT2D eigenvalue weighted by Gasteiger charge is -2.37. The molecule has 1 heterocycles. The number of benzene rings is 1. The summed E-state index contributed by atoms with van der Waals surface area (Å²) in [5, 5.41) is 13.8. The van der Waals surface area contributed by atoms with Crippen LogP contribution in [0.25, 0.3) is 6.08 Å². The van der Waals surface area contributed by atoms with E-state index in [0.717, 1.165) is 12.8 Å². The lowest BCUT2D eigenvalue weighted by molar-refractivity contribution is -0.384. The van der Waals surface area contributed by atoms with Gasteiger partial charge in [-0.3, -0.25) is 24.6 Å². The topological polar surface area (TPSA) is 95.8 Å². The number of piperazine rings is 1. The monoisotopic (exact) mass is 372 g/mol. The fraction of sp³-hybridized carbons (Fsp3) is 0.474. The van der Waals surface area contributed by atoms with Crippen molar-refractivity contribution in [2.24, 2.45) is 0 Å². The van der Waals surface area contributed by atoms with Crippen molar-refractivity contribution in [3.05, 3.63) is 46.0 Å². The summed E-state index contributed by atoms with van der Waals surface area (Å²) in [5.41, 5.74) is 0.609. The average molecular weight is 372 g/mol. The first-order valence-electron chi connectivity index (χ1n) is 9.20. The van der Waals surface area contributed by atoms with Crippen LogP contribution in [0.2, 0.25) is 0 Å². The molecule has 1 N–H and O–H groups in total. The molecule has 1 aliphatic heterocycles. The van der Waals surface area contributed by atoms with Gasteiger partial charge in [-0.2, -0.15) is 0 Å². The normalized spacial score (nSPS) is 19.1. The summed E-state index contributed by atoms with van der Waals surface area (Å²) in [7, 11) is 0. The van der Waals surface area contributed by atoms with E-state index < -0.39 is 4.92 Å². The van der Waals surface area contributed by atoms with Gasteiger partial charge < -0.3 is 10.2 Å². The van der Waals surface area contributed by atoms with Gasteiger partial charge in [0.2, 0.25) is 11.8 Å². The van der Waals surface area contributed by atoms with Crippen LogP contribution < -0.4 is 5.32 Å². The summed E-state index contributed by atoms with van der Waals surface area (Å²) >= 11 is 0. The van der Waals surface area contributed by atoms with Crippen LogP contribution in [-0.2, 0) is 9.59 Å². The Balaban J connectivity index is 1.50. The Hall–Kier alpha value is -2.74. The standard InChI is InChI=1S/C19H24N4O4/c1-14(19(25)20-16-6-7-16)21-9-11-22(12-10-21)18(24)8-5-15-3-2-4-17(13-15)23(26)27/h2-5,8,13-14,16H,6-7,9-12H2,1H3,(H,20,25)/b8-5+. The third-order valence-corrected chi connectivity index (χ3v) is 4.98. The fourth-order valence-electron chi connectivity index (χ4n) is 3.06. The molecule has 1 aliphatic carbocycles. The number of nitrogens with zero attached hydrogens (tertiary/aromatic N) is 3. The average Bonchev–Trinajstić information content (AvgIpc) is 3.49. The van der Waals surface area contributed by atoms with Crippen molar-refractivity contribution in [1.82, 2.24) is 15.1 Å². The molecule has 8 nitrogen and oxygen atoms in total. The molecule has 1 saturated carbocycles. The quantitative estimate of drug-likeness (QED) is 0.463. The van der Waals surface area contributed by atoms with Gasteiger partial charge in [-0.05, 0) is 31.4 Å². The number of rotatable bonds is 6. The fourth-order valence-corrected chi connectivity index (χ4v) is 3.06. The van der Waals surface area contributed by atoms with Crippen molar-refractivity contribution >= 4 is 23.6 Å². The Bertz CT molecular complexity index is 752. The second kappa shape index (κ2) is 8.30. The van der Waals surface area contributed by atoms with Crippen LogP contribution in [-0.4, -0.2) is 64.8 Å². The SMILES string of the molecule is CC(C(=O)NC1CC1)N1CCN(C(=O)/C=C/c2cccc([N+](=O)[O-])c2)CC1. The molecule has 144 valence electrons. The second-order valence-corrected chi connectivity index (χ2v) is 7.01. The Labute approximate surface area is 158 Å². The maximum atomic E-state index is 12.4. The summed E-state index contributed by atoms with van der Waals surface area (Å²) in [6.45, 7) is 4.31. The first-order chi connectivity index (χ1) is 12.9. The second-order valence-electron chi connectivity index (χ2n) is 7.01. The largest absolute Gasteiger partial charge is 0.352 e. The minimum atomic E-state index is -0.459. The highest BCUT2D eigenvalue weighted by molar-refractivity contribution is 5.92. The Morgan fingerprint density at radius 2 is 1.96 bits per heavy atom. The van der Waals surface area contributed by atoms with Crippen molar-refractivity contribution in [3.63, 3.8) is 0 Å². The van der Waals surface area contributed by atoms with E-state index in [-0.39, 0.29) is 23.5 Å². The minimum absolute atomic E-state index is 0.00308. The van der Waals surface area contributed by atoms with Crippen LogP contribution in [0.4, 0.5) is 5.69 Å². The van der Waals surface area contributed by atoms with E-state index in [1.807, 2.05) is 6.92 Å². The number of nitro groups is 1. The van der Waals surface area contributed by atoms with Gasteiger partial charge in [-0.1, -0.05) is 12.1 Å². The summed E-state index contributed by atoms with van der Waals surface area (Å²) < 4.78 is 0. The predicted octanol–water partition coefficient (Wildman–Crippen LogP) is 1.42. The van der Waals surface area contributed by atoms with E-state index in [1.165, 1.54) is 18.2 Å². The molecule has 27 heavy (non-hydrogen) atoms. The first kappa shape index (κ1) is 19.0. The molecule has 1 saturated heterocycles. The van der Waals surface area contributed by atoms with E-state index >= 15 is 0 Å². The van der Waals surface area contributed by atoms with E-state index in [4.69, 9.17) is 0 Å². The van der Waals surface area contributed by atoms with Crippen molar-refractivity contribution in [1.29, 1.82) is 0 Å². The Kier molecular flexibility index (Phi) is 5.85. The molecule has 2 fully saturated rings. The van der Waals surface area contributed by atoms with Gasteiger partial charge in [0.25, 0.3) is 5.69 Å². The number of carbonyl (C=O) groups is 2. The number of hydrogen-bond acceptors (Lipinski definition) is 5. The van der Waals surface area contributed by atoms with Gasteiger partial charge >= 0.3 is 0 Å². The van der Waals surface area contributed by atoms with E-state index in [9.17, 15) is 19.7 Å². The molecule has 2 aliphatic rings. The lowest BCUT2D eigenvalue weighted by Crippen LogP contribution is -2.55. The summed E-state index contributed by atoms with van der Waals surface area (Å²) in [6, 6.07) is 6.31. The molecule has 2 amide bonds. The zero-order valence-electron chi connectivity index (χ0n) is 15.3. The predicted molar refractivity (Wildman–Crippen MR) is 101 cm³/mol. The molecule has 1 atom stereocenters. The third kappa shape index (κ3) is 5.13. The maximum absolute atomic E-state index is 12.4. The summed E-state index contributed by atoms with van der Waals surface area (Å²) in [4.78, 5) is 38.7. The van der Waals surface area contributed by atoms with Crippen LogP contribution in [0.3, 0.4) is 0 Å². The maximum Gasteiger partial charge on any atom is 0.270 e. The number of amides is 2. The van der Waals surface area contributed by atoms with Gasteiger partial charge in [-0.25, -0.2) is 0 Å².